The molecular weight excluding hydrogens is 260 g/mol. The number of aromatic nitrogens is 1. The van der Waals surface area contributed by atoms with Crippen LogP contribution in [0.4, 0.5) is 0 Å². The fourth-order valence-corrected chi connectivity index (χ4v) is 2.60. The van der Waals surface area contributed by atoms with E-state index >= 15 is 0 Å². The van der Waals surface area contributed by atoms with Gasteiger partial charge in [-0.2, -0.15) is 0 Å². The average Bonchev–Trinajstić information content (AvgIpc) is 2.71. The highest BCUT2D eigenvalue weighted by Crippen LogP contribution is 2.27. The number of fused-ring (bicyclic) bond motifs is 1. The second-order valence-electron chi connectivity index (χ2n) is 5.35. The second-order valence-corrected chi connectivity index (χ2v) is 5.73. The van der Waals surface area contributed by atoms with Crippen molar-refractivity contribution in [3.8, 4) is 0 Å². The van der Waals surface area contributed by atoms with Gasteiger partial charge in [0.15, 0.2) is 0 Å². The van der Waals surface area contributed by atoms with E-state index in [-0.39, 0.29) is 12.6 Å². The van der Waals surface area contributed by atoms with Gasteiger partial charge < -0.3 is 15.4 Å². The van der Waals surface area contributed by atoms with E-state index < -0.39 is 0 Å². The van der Waals surface area contributed by atoms with Gasteiger partial charge in [0.2, 0.25) is 0 Å². The van der Waals surface area contributed by atoms with E-state index in [0.29, 0.717) is 12.5 Å². The molecule has 3 nitrogen and oxygen atoms in total. The number of aliphatic hydroxyl groups excluding tert-OH is 1. The van der Waals surface area contributed by atoms with Crippen LogP contribution in [0, 0.1) is 5.92 Å². The van der Waals surface area contributed by atoms with Crippen LogP contribution in [0.2, 0.25) is 5.02 Å². The fourth-order valence-electron chi connectivity index (χ4n) is 2.32. The topological polar surface area (TPSA) is 48.0 Å². The molecule has 19 heavy (non-hydrogen) atoms. The molecular formula is C15H21ClN2O. The number of rotatable bonds is 6. The Morgan fingerprint density at radius 3 is 2.68 bits per heavy atom. The van der Waals surface area contributed by atoms with Gasteiger partial charge in [-0.3, -0.25) is 0 Å². The molecule has 104 valence electrons. The summed E-state index contributed by atoms with van der Waals surface area (Å²) in [6.07, 6.45) is 0.953. The molecule has 0 aliphatic carbocycles. The maximum atomic E-state index is 9.36. The molecule has 0 bridgehead atoms. The molecule has 1 aromatic carbocycles. The van der Waals surface area contributed by atoms with Gasteiger partial charge in [0.05, 0.1) is 11.6 Å². The molecule has 0 fully saturated rings. The van der Waals surface area contributed by atoms with Crippen LogP contribution in [-0.2, 0) is 6.54 Å². The molecule has 3 N–H and O–H groups in total. The lowest BCUT2D eigenvalue weighted by molar-refractivity contribution is 0.223. The van der Waals surface area contributed by atoms with Gasteiger partial charge >= 0.3 is 0 Å². The third-order valence-corrected chi connectivity index (χ3v) is 3.69. The summed E-state index contributed by atoms with van der Waals surface area (Å²) < 4.78 is 0. The normalized spacial score (nSPS) is 13.3. The maximum Gasteiger partial charge on any atom is 0.0705 e. The van der Waals surface area contributed by atoms with Gasteiger partial charge in [0.25, 0.3) is 0 Å². The summed E-state index contributed by atoms with van der Waals surface area (Å²) >= 11 is 6.36. The zero-order valence-electron chi connectivity index (χ0n) is 11.4. The van der Waals surface area contributed by atoms with Crippen molar-refractivity contribution in [2.24, 2.45) is 5.92 Å². The second kappa shape index (κ2) is 6.42. The molecule has 1 aromatic heterocycles. The summed E-state index contributed by atoms with van der Waals surface area (Å²) in [5.41, 5.74) is 2.03. The molecule has 4 heteroatoms. The fraction of sp³-hybridized carbons (Fsp3) is 0.467. The first-order valence-electron chi connectivity index (χ1n) is 6.71. The number of para-hydroxylation sites is 1. The van der Waals surface area contributed by atoms with Crippen LogP contribution in [0.5, 0.6) is 0 Å². The van der Waals surface area contributed by atoms with E-state index in [0.717, 1.165) is 28.0 Å². The van der Waals surface area contributed by atoms with Gasteiger partial charge in [-0.05, 0) is 18.4 Å². The molecule has 0 amide bonds. The van der Waals surface area contributed by atoms with Crippen molar-refractivity contribution in [1.29, 1.82) is 0 Å². The number of H-pyrrole nitrogens is 1. The third kappa shape index (κ3) is 3.50. The van der Waals surface area contributed by atoms with Crippen LogP contribution >= 0.6 is 11.6 Å². The zero-order valence-corrected chi connectivity index (χ0v) is 12.2. The van der Waals surface area contributed by atoms with E-state index in [1.165, 1.54) is 0 Å². The van der Waals surface area contributed by atoms with Crippen molar-refractivity contribution >= 4 is 22.5 Å². The van der Waals surface area contributed by atoms with Crippen LogP contribution in [0.15, 0.2) is 24.3 Å². The van der Waals surface area contributed by atoms with Crippen LogP contribution in [0.25, 0.3) is 10.9 Å². The molecule has 1 unspecified atom stereocenters. The van der Waals surface area contributed by atoms with Crippen molar-refractivity contribution < 1.29 is 5.11 Å². The molecule has 0 radical (unpaired) electrons. The summed E-state index contributed by atoms with van der Waals surface area (Å²) in [7, 11) is 0. The Hall–Kier alpha value is -1.03. The number of hydrogen-bond donors (Lipinski definition) is 3. The molecule has 0 aliphatic rings. The highest BCUT2D eigenvalue weighted by Gasteiger charge is 2.12. The summed E-state index contributed by atoms with van der Waals surface area (Å²) in [5, 5.41) is 14.5. The van der Waals surface area contributed by atoms with Crippen molar-refractivity contribution in [2.45, 2.75) is 32.9 Å². The Morgan fingerprint density at radius 2 is 2.05 bits per heavy atom. The van der Waals surface area contributed by atoms with Gasteiger partial charge in [-0.1, -0.05) is 43.6 Å². The van der Waals surface area contributed by atoms with E-state index in [4.69, 9.17) is 11.6 Å². The predicted molar refractivity (Wildman–Crippen MR) is 80.5 cm³/mol. The Morgan fingerprint density at radius 1 is 1.32 bits per heavy atom. The van der Waals surface area contributed by atoms with Crippen molar-refractivity contribution in [2.75, 3.05) is 6.61 Å². The van der Waals surface area contributed by atoms with E-state index in [2.05, 4.69) is 24.1 Å². The highest BCUT2D eigenvalue weighted by atomic mass is 35.5. The lowest BCUT2D eigenvalue weighted by Crippen LogP contribution is -2.33. The number of nitrogens with one attached hydrogen (secondary N) is 2. The highest BCUT2D eigenvalue weighted by molar-refractivity contribution is 6.36. The smallest absolute Gasteiger partial charge is 0.0705 e. The number of aromatic amines is 1. The number of hydrogen-bond acceptors (Lipinski definition) is 2. The van der Waals surface area contributed by atoms with E-state index in [1.54, 1.807) is 0 Å². The Kier molecular flexibility index (Phi) is 4.86. The minimum absolute atomic E-state index is 0.113. The molecule has 2 rings (SSSR count). The Labute approximate surface area is 119 Å². The molecule has 0 spiro atoms. The molecule has 1 heterocycles. The van der Waals surface area contributed by atoms with Gasteiger partial charge in [-0.25, -0.2) is 0 Å². The average molecular weight is 281 g/mol. The quantitative estimate of drug-likeness (QED) is 0.760. The molecule has 0 saturated carbocycles. The third-order valence-electron chi connectivity index (χ3n) is 3.26. The SMILES string of the molecule is CC(C)CC(CO)NCc1[nH]c2ccccc2c1Cl. The zero-order chi connectivity index (χ0) is 13.8. The molecule has 2 aromatic rings. The van der Waals surface area contributed by atoms with Crippen LogP contribution < -0.4 is 5.32 Å². The van der Waals surface area contributed by atoms with Gasteiger partial charge in [0, 0.05) is 29.2 Å². The van der Waals surface area contributed by atoms with Gasteiger partial charge in [-0.15, -0.1) is 0 Å². The monoisotopic (exact) mass is 280 g/mol. The number of benzene rings is 1. The van der Waals surface area contributed by atoms with E-state index in [9.17, 15) is 5.11 Å². The largest absolute Gasteiger partial charge is 0.395 e. The maximum absolute atomic E-state index is 9.36. The van der Waals surface area contributed by atoms with Crippen LogP contribution in [0.3, 0.4) is 0 Å². The number of aliphatic hydroxyl groups is 1. The lowest BCUT2D eigenvalue weighted by atomic mass is 10.0. The summed E-state index contributed by atoms with van der Waals surface area (Å²) in [5.74, 6) is 0.558. The minimum atomic E-state index is 0.113. The van der Waals surface area contributed by atoms with E-state index in [1.807, 2.05) is 24.3 Å². The lowest BCUT2D eigenvalue weighted by Gasteiger charge is -2.17. The van der Waals surface area contributed by atoms with Crippen LogP contribution in [0.1, 0.15) is 26.0 Å². The number of halogens is 1. The first kappa shape index (κ1) is 14.4. The molecule has 0 aliphatic heterocycles. The van der Waals surface area contributed by atoms with Crippen molar-refractivity contribution in [1.82, 2.24) is 10.3 Å². The minimum Gasteiger partial charge on any atom is -0.395 e. The van der Waals surface area contributed by atoms with Crippen LogP contribution in [-0.4, -0.2) is 22.7 Å². The Bertz CT molecular complexity index is 536. The van der Waals surface area contributed by atoms with Gasteiger partial charge in [0.1, 0.15) is 0 Å². The summed E-state index contributed by atoms with van der Waals surface area (Å²) in [4.78, 5) is 3.32. The van der Waals surface area contributed by atoms with Crippen molar-refractivity contribution in [3.05, 3.63) is 35.0 Å². The summed E-state index contributed by atoms with van der Waals surface area (Å²) in [6, 6.07) is 8.11. The standard InChI is InChI=1S/C15H21ClN2O/c1-10(2)7-11(9-19)17-8-14-15(16)12-5-3-4-6-13(12)18-14/h3-6,10-11,17-19H,7-9H2,1-2H3. The first-order valence-corrected chi connectivity index (χ1v) is 7.09. The summed E-state index contributed by atoms with van der Waals surface area (Å²) in [6.45, 7) is 5.10. The predicted octanol–water partition coefficient (Wildman–Crippen LogP) is 3.32. The Balaban J connectivity index is 2.07. The first-order chi connectivity index (χ1) is 9.11. The molecule has 1 atom stereocenters. The molecule has 0 saturated heterocycles. The van der Waals surface area contributed by atoms with Crippen molar-refractivity contribution in [3.63, 3.8) is 0 Å².